The Balaban J connectivity index is 1.10. The predicted octanol–water partition coefficient (Wildman–Crippen LogP) is 21.1. The molecule has 9 heteroatoms. The van der Waals surface area contributed by atoms with Crippen LogP contribution < -0.4 is 0 Å². The van der Waals surface area contributed by atoms with E-state index in [9.17, 15) is 11.8 Å². The van der Waals surface area contributed by atoms with Crippen molar-refractivity contribution in [1.82, 2.24) is 13.7 Å². The van der Waals surface area contributed by atoms with Gasteiger partial charge in [0.25, 0.3) is 0 Å². The van der Waals surface area contributed by atoms with Crippen LogP contribution in [0.2, 0.25) is 0 Å². The van der Waals surface area contributed by atoms with Crippen molar-refractivity contribution in [2.75, 3.05) is 0 Å². The number of rotatable bonds is 4. The first-order chi connectivity index (χ1) is 41.1. The molecule has 0 saturated carbocycles. The number of para-hydroxylation sites is 6. The summed E-state index contributed by atoms with van der Waals surface area (Å²) in [5, 5.41) is 26.6. The van der Waals surface area contributed by atoms with Crippen molar-refractivity contribution in [2.45, 2.75) is 0 Å². The molecule has 7 heterocycles. The molecule has 0 amide bonds. The van der Waals surface area contributed by atoms with Gasteiger partial charge < -0.3 is 27.0 Å². The summed E-state index contributed by atoms with van der Waals surface area (Å²) in [5.74, 6) is 0. The minimum Gasteiger partial charge on any atom is -0.455 e. The highest BCUT2D eigenvalue weighted by Crippen LogP contribution is 2.55. The molecule has 0 atom stereocenters. The minimum absolute atomic E-state index is 0.291. The first kappa shape index (κ1) is 44.5. The number of furan rings is 3. The van der Waals surface area contributed by atoms with Crippen molar-refractivity contribution in [2.24, 2.45) is 0 Å². The zero-order chi connectivity index (χ0) is 54.3. The van der Waals surface area contributed by atoms with Crippen molar-refractivity contribution in [3.05, 3.63) is 241 Å². The van der Waals surface area contributed by atoms with Crippen LogP contribution in [0.4, 0.5) is 5.69 Å². The number of benzene rings is 12. The summed E-state index contributed by atoms with van der Waals surface area (Å²) in [6.07, 6.45) is 0. The maximum atomic E-state index is 12.7. The fourth-order valence-corrected chi connectivity index (χ4v) is 15.4. The Bertz CT molecular complexity index is 6240. The van der Waals surface area contributed by atoms with Gasteiger partial charge in [-0.2, -0.15) is 5.26 Å². The molecule has 0 bridgehead atoms. The van der Waals surface area contributed by atoms with E-state index in [2.05, 4.69) is 196 Å². The van der Waals surface area contributed by atoms with Gasteiger partial charge in [-0.05, 0) is 78.9 Å². The van der Waals surface area contributed by atoms with Gasteiger partial charge in [-0.25, -0.2) is 4.85 Å². The van der Waals surface area contributed by atoms with Crippen molar-refractivity contribution in [3.8, 4) is 34.3 Å². The highest BCUT2D eigenvalue weighted by atomic mass is 32.1. The third-order valence-electron chi connectivity index (χ3n) is 17.5. The van der Waals surface area contributed by atoms with Gasteiger partial charge in [-0.1, -0.05) is 146 Å². The molecule has 0 radical (unpaired) electrons. The van der Waals surface area contributed by atoms with Gasteiger partial charge in [0.15, 0.2) is 0 Å². The molecule has 0 saturated heterocycles. The Morgan fingerprint density at radius 1 is 0.361 bits per heavy atom. The second-order valence-corrected chi connectivity index (χ2v) is 22.6. The topological polar surface area (TPSA) is 82.4 Å². The van der Waals surface area contributed by atoms with Crippen LogP contribution in [-0.4, -0.2) is 13.7 Å². The predicted molar refractivity (Wildman–Crippen MR) is 341 cm³/mol. The van der Waals surface area contributed by atoms with Crippen LogP contribution in [0, 0.1) is 17.9 Å². The quantitative estimate of drug-likeness (QED) is 0.164. The number of hydrogen-bond acceptors (Lipinski definition) is 5. The number of nitrogens with zero attached hydrogens (tertiary/aromatic N) is 5. The molecule has 12 aromatic carbocycles. The maximum absolute atomic E-state index is 12.7. The van der Waals surface area contributed by atoms with Gasteiger partial charge in [-0.3, -0.25) is 0 Å². The molecule has 0 fully saturated rings. The molecular formula is C74H37N5O3S. The molecule has 0 aliphatic rings. The van der Waals surface area contributed by atoms with Crippen molar-refractivity contribution >= 4 is 168 Å². The Morgan fingerprint density at radius 3 is 1.23 bits per heavy atom. The monoisotopic (exact) mass is 1080 g/mol. The van der Waals surface area contributed by atoms with E-state index < -0.39 is 0 Å². The van der Waals surface area contributed by atoms with E-state index in [1.165, 1.54) is 0 Å². The van der Waals surface area contributed by atoms with Crippen LogP contribution in [0.1, 0.15) is 5.56 Å². The first-order valence-corrected chi connectivity index (χ1v) is 28.4. The lowest BCUT2D eigenvalue weighted by Gasteiger charge is -2.26. The van der Waals surface area contributed by atoms with Crippen LogP contribution in [0.5, 0.6) is 0 Å². The summed E-state index contributed by atoms with van der Waals surface area (Å²) in [7, 11) is 0. The van der Waals surface area contributed by atoms with E-state index >= 15 is 0 Å². The van der Waals surface area contributed by atoms with E-state index in [4.69, 9.17) is 18.1 Å². The Kier molecular flexibility index (Phi) is 8.66. The second kappa shape index (κ2) is 16.2. The molecule has 0 unspecified atom stereocenters. The Morgan fingerprint density at radius 2 is 0.759 bits per heavy atom. The standard InChI is InChI=1S/C74H37N5O3S/c1-76-67-68(77-53-26-9-2-21-48(53)64-56(77)36-33-44-40-17-5-12-29-59(40)80-71(44)64)52(39-75)63(51-25-16-24-47-43-20-8-15-32-62(43)83-74(47)51)69(78-54-27-10-3-22-49(54)65-57(78)37-34-45-41-18-6-13-30-60(41)81-72(45)65)70(67)79-55-28-11-4-23-50(55)66-58(79)38-35-46-42-19-7-14-31-61(42)82-73(46)66/h2-38H. The maximum Gasteiger partial charge on any atom is 0.237 e. The lowest BCUT2D eigenvalue weighted by Crippen LogP contribution is -2.11. The smallest absolute Gasteiger partial charge is 0.237 e. The Labute approximate surface area is 473 Å². The average molecular weight is 1080 g/mol. The molecule has 0 aliphatic carbocycles. The largest absolute Gasteiger partial charge is 0.455 e. The summed E-state index contributed by atoms with van der Waals surface area (Å²) < 4.78 is 29.7. The molecule has 19 aromatic rings. The highest BCUT2D eigenvalue weighted by molar-refractivity contribution is 7.26. The van der Waals surface area contributed by atoms with Crippen LogP contribution in [0.25, 0.3) is 184 Å². The lowest BCUT2D eigenvalue weighted by molar-refractivity contribution is 0.672. The molecular weight excluding hydrogens is 1040 g/mol. The Hall–Kier alpha value is -11.4. The van der Waals surface area contributed by atoms with Crippen molar-refractivity contribution < 1.29 is 13.3 Å². The van der Waals surface area contributed by atoms with Gasteiger partial charge in [0.2, 0.25) is 5.69 Å². The van der Waals surface area contributed by atoms with Gasteiger partial charge in [0, 0.05) is 79.8 Å². The minimum atomic E-state index is 0.291. The van der Waals surface area contributed by atoms with Crippen molar-refractivity contribution in [3.63, 3.8) is 0 Å². The zero-order valence-corrected chi connectivity index (χ0v) is 44.5. The van der Waals surface area contributed by atoms with Gasteiger partial charge >= 0.3 is 0 Å². The number of aromatic nitrogens is 3. The molecule has 0 spiro atoms. The van der Waals surface area contributed by atoms with Gasteiger partial charge in [0.1, 0.15) is 39.6 Å². The highest BCUT2D eigenvalue weighted by Gasteiger charge is 2.35. The van der Waals surface area contributed by atoms with E-state index in [-0.39, 0.29) is 0 Å². The second-order valence-electron chi connectivity index (χ2n) is 21.5. The fourth-order valence-electron chi connectivity index (χ4n) is 14.2. The first-order valence-electron chi connectivity index (χ1n) is 27.6. The van der Waals surface area contributed by atoms with Crippen LogP contribution in [0.15, 0.2) is 238 Å². The van der Waals surface area contributed by atoms with E-state index in [0.717, 1.165) is 157 Å². The average Bonchev–Trinajstić information content (AvgIpc) is 2.12. The van der Waals surface area contributed by atoms with Crippen LogP contribution in [-0.2, 0) is 0 Å². The molecule has 0 N–H and O–H groups in total. The molecule has 83 heavy (non-hydrogen) atoms. The van der Waals surface area contributed by atoms with Crippen LogP contribution in [0.3, 0.4) is 0 Å². The molecule has 19 rings (SSSR count). The molecule has 8 nitrogen and oxygen atoms in total. The van der Waals surface area contributed by atoms with Crippen LogP contribution >= 0.6 is 11.3 Å². The van der Waals surface area contributed by atoms with Gasteiger partial charge in [-0.15, -0.1) is 11.3 Å². The third kappa shape index (κ3) is 5.65. The summed E-state index contributed by atoms with van der Waals surface area (Å²) in [5.41, 5.74) is 13.7. The van der Waals surface area contributed by atoms with Crippen molar-refractivity contribution in [1.29, 1.82) is 5.26 Å². The summed E-state index contributed by atoms with van der Waals surface area (Å²) in [6.45, 7) is 9.97. The number of thiophene rings is 1. The molecule has 382 valence electrons. The van der Waals surface area contributed by atoms with E-state index in [0.29, 0.717) is 33.9 Å². The zero-order valence-electron chi connectivity index (χ0n) is 43.7. The van der Waals surface area contributed by atoms with Gasteiger partial charge in [0.05, 0.1) is 78.5 Å². The SMILES string of the molecule is [C-]#[N+]c1c(-n2c3ccccc3c3c4oc5ccccc5c4ccc32)c(C#N)c(-c2cccc3c2sc2ccccc23)c(-n2c3ccccc3c3c4oc5ccccc5c4ccc32)c1-n1c2ccccc2c2c3oc4ccccc4c3ccc21. The molecule has 7 aromatic heterocycles. The van der Waals surface area contributed by atoms with E-state index in [1.807, 2.05) is 48.5 Å². The lowest BCUT2D eigenvalue weighted by atomic mass is 9.92. The fraction of sp³-hybridized carbons (Fsp3) is 0. The number of fused-ring (bicyclic) bond motifs is 24. The number of nitriles is 1. The normalized spacial score (nSPS) is 12.3. The number of hydrogen-bond donors (Lipinski definition) is 0. The summed E-state index contributed by atoms with van der Waals surface area (Å²) >= 11 is 1.72. The molecule has 0 aliphatic heterocycles. The third-order valence-corrected chi connectivity index (χ3v) is 18.7. The summed E-state index contributed by atoms with van der Waals surface area (Å²) in [6, 6.07) is 80.6. The van der Waals surface area contributed by atoms with E-state index in [1.54, 1.807) is 11.3 Å². The summed E-state index contributed by atoms with van der Waals surface area (Å²) in [4.78, 5) is 4.83.